The molecule has 1 fully saturated rings. The lowest BCUT2D eigenvalue weighted by atomic mass is 9.94. The van der Waals surface area contributed by atoms with Gasteiger partial charge < -0.3 is 14.4 Å². The minimum absolute atomic E-state index is 0.0714. The van der Waals surface area contributed by atoms with Crippen molar-refractivity contribution in [3.63, 3.8) is 0 Å². The van der Waals surface area contributed by atoms with Crippen LogP contribution in [0.1, 0.15) is 74.0 Å². The van der Waals surface area contributed by atoms with Crippen molar-refractivity contribution < 1.29 is 18.9 Å². The van der Waals surface area contributed by atoms with Gasteiger partial charge in [0.05, 0.1) is 11.5 Å². The van der Waals surface area contributed by atoms with Crippen LogP contribution in [0.2, 0.25) is 0 Å². The molecule has 1 aliphatic carbocycles. The van der Waals surface area contributed by atoms with Gasteiger partial charge in [-0.3, -0.25) is 19.7 Å². The minimum atomic E-state index is -0.526. The second-order valence-electron chi connectivity index (χ2n) is 10.6. The predicted molar refractivity (Wildman–Crippen MR) is 151 cm³/mol. The van der Waals surface area contributed by atoms with Crippen LogP contribution < -0.4 is 0 Å². The number of benzene rings is 2. The minimum Gasteiger partial charge on any atom is -0.345 e. The maximum atomic E-state index is 14.0. The van der Waals surface area contributed by atoms with E-state index in [4.69, 9.17) is 0 Å². The average molecular weight is 549 g/mol. The highest BCUT2D eigenvalue weighted by atomic mass is 19.1. The molecule has 0 bridgehead atoms. The van der Waals surface area contributed by atoms with E-state index in [1.165, 1.54) is 35.2 Å². The summed E-state index contributed by atoms with van der Waals surface area (Å²) in [6.07, 6.45) is 7.65. The van der Waals surface area contributed by atoms with Gasteiger partial charge in [-0.2, -0.15) is 0 Å². The van der Waals surface area contributed by atoms with E-state index in [-0.39, 0.29) is 41.6 Å². The summed E-state index contributed by atoms with van der Waals surface area (Å²) >= 11 is 0. The number of rotatable bonds is 11. The molecule has 0 radical (unpaired) electrons. The number of carbonyl (C=O) groups excluding carboxylic acids is 2. The normalized spacial score (nSPS) is 14.5. The van der Waals surface area contributed by atoms with Gasteiger partial charge in [-0.05, 0) is 62.1 Å². The molecule has 1 unspecified atom stereocenters. The quantitative estimate of drug-likeness (QED) is 0.211. The first-order chi connectivity index (χ1) is 19.3. The smallest absolute Gasteiger partial charge is 0.270 e. The van der Waals surface area contributed by atoms with Crippen LogP contribution >= 0.6 is 0 Å². The second kappa shape index (κ2) is 13.4. The van der Waals surface area contributed by atoms with Gasteiger partial charge in [0, 0.05) is 48.2 Å². The van der Waals surface area contributed by atoms with Gasteiger partial charge in [-0.15, -0.1) is 0 Å². The molecule has 1 aliphatic rings. The summed E-state index contributed by atoms with van der Waals surface area (Å²) < 4.78 is 15.5. The fourth-order valence-corrected chi connectivity index (χ4v) is 5.32. The van der Waals surface area contributed by atoms with Crippen LogP contribution in [0.25, 0.3) is 0 Å². The SMILES string of the molecule is CCC(C)N(CC(=O)N(Cc1cccn1Cc1ccc(F)cc1)C1CCCCC1)C(=O)c1cccc([N+](=O)[O-])c1. The first-order valence-corrected chi connectivity index (χ1v) is 14.0. The van der Waals surface area contributed by atoms with Crippen molar-refractivity contribution in [2.75, 3.05) is 6.54 Å². The first kappa shape index (κ1) is 29.0. The Kier molecular flexibility index (Phi) is 9.69. The molecule has 0 saturated heterocycles. The Balaban J connectivity index is 1.58. The Morgan fingerprint density at radius 2 is 1.80 bits per heavy atom. The van der Waals surface area contributed by atoms with E-state index in [9.17, 15) is 24.1 Å². The molecule has 40 heavy (non-hydrogen) atoms. The lowest BCUT2D eigenvalue weighted by Gasteiger charge is -2.37. The lowest BCUT2D eigenvalue weighted by Crippen LogP contribution is -2.49. The zero-order valence-electron chi connectivity index (χ0n) is 23.2. The number of aromatic nitrogens is 1. The lowest BCUT2D eigenvalue weighted by molar-refractivity contribution is -0.384. The predicted octanol–water partition coefficient (Wildman–Crippen LogP) is 6.19. The maximum absolute atomic E-state index is 14.0. The molecule has 0 aliphatic heterocycles. The third-order valence-electron chi connectivity index (χ3n) is 7.85. The highest BCUT2D eigenvalue weighted by Crippen LogP contribution is 2.26. The standard InChI is InChI=1S/C31H37FN4O4/c1-3-23(2)34(31(38)25-9-7-12-28(19-25)36(39)40)22-30(37)35(27-10-5-4-6-11-27)21-29-13-8-18-33(29)20-24-14-16-26(32)17-15-24/h7-9,12-19,23,27H,3-6,10-11,20-22H2,1-2H3. The molecule has 1 saturated carbocycles. The highest BCUT2D eigenvalue weighted by Gasteiger charge is 2.31. The number of carbonyl (C=O) groups is 2. The first-order valence-electron chi connectivity index (χ1n) is 14.0. The summed E-state index contributed by atoms with van der Waals surface area (Å²) in [5, 5.41) is 11.3. The molecule has 0 N–H and O–H groups in total. The number of halogens is 1. The number of nitro groups is 1. The maximum Gasteiger partial charge on any atom is 0.270 e. The molecule has 0 spiro atoms. The second-order valence-corrected chi connectivity index (χ2v) is 10.6. The van der Waals surface area contributed by atoms with Crippen LogP contribution in [0.5, 0.6) is 0 Å². The molecule has 4 rings (SSSR count). The average Bonchev–Trinajstić information content (AvgIpc) is 3.41. The molecule has 3 aromatic rings. The number of amides is 2. The molecule has 2 amide bonds. The Bertz CT molecular complexity index is 1320. The van der Waals surface area contributed by atoms with Crippen LogP contribution in [0.15, 0.2) is 66.9 Å². The van der Waals surface area contributed by atoms with Gasteiger partial charge in [0.1, 0.15) is 12.4 Å². The van der Waals surface area contributed by atoms with Crippen LogP contribution in [0.4, 0.5) is 10.1 Å². The van der Waals surface area contributed by atoms with Crippen molar-refractivity contribution in [1.29, 1.82) is 0 Å². The fourth-order valence-electron chi connectivity index (χ4n) is 5.32. The Morgan fingerprint density at radius 1 is 1.07 bits per heavy atom. The van der Waals surface area contributed by atoms with E-state index in [0.29, 0.717) is 19.5 Å². The number of hydrogen-bond acceptors (Lipinski definition) is 4. The van der Waals surface area contributed by atoms with Crippen LogP contribution in [-0.2, 0) is 17.9 Å². The van der Waals surface area contributed by atoms with Crippen molar-refractivity contribution >= 4 is 17.5 Å². The summed E-state index contributed by atoms with van der Waals surface area (Å²) in [7, 11) is 0. The van der Waals surface area contributed by atoms with Crippen molar-refractivity contribution in [2.45, 2.75) is 77.5 Å². The molecule has 8 nitrogen and oxygen atoms in total. The summed E-state index contributed by atoms with van der Waals surface area (Å²) in [6.45, 7) is 4.69. The molecule has 1 heterocycles. The largest absolute Gasteiger partial charge is 0.345 e. The van der Waals surface area contributed by atoms with Crippen molar-refractivity contribution in [3.05, 3.63) is 99.6 Å². The summed E-state index contributed by atoms with van der Waals surface area (Å²) in [5.41, 5.74) is 1.95. The Hall–Kier alpha value is -4.01. The van der Waals surface area contributed by atoms with E-state index >= 15 is 0 Å². The number of nitrogens with zero attached hydrogens (tertiary/aromatic N) is 4. The van der Waals surface area contributed by atoms with Gasteiger partial charge >= 0.3 is 0 Å². The molecule has 9 heteroatoms. The zero-order chi connectivity index (χ0) is 28.6. The molecule has 1 atom stereocenters. The molecule has 2 aromatic carbocycles. The number of hydrogen-bond donors (Lipinski definition) is 0. The van der Waals surface area contributed by atoms with Crippen molar-refractivity contribution in [2.24, 2.45) is 0 Å². The fraction of sp³-hybridized carbons (Fsp3) is 0.419. The molecule has 212 valence electrons. The van der Waals surface area contributed by atoms with E-state index in [1.54, 1.807) is 18.2 Å². The summed E-state index contributed by atoms with van der Waals surface area (Å²) in [5.74, 6) is -0.814. The van der Waals surface area contributed by atoms with E-state index in [0.717, 1.165) is 43.4 Å². The van der Waals surface area contributed by atoms with E-state index in [2.05, 4.69) is 4.57 Å². The highest BCUT2D eigenvalue weighted by molar-refractivity contribution is 5.97. The monoisotopic (exact) mass is 548 g/mol. The summed E-state index contributed by atoms with van der Waals surface area (Å²) in [6, 6.07) is 15.8. The van der Waals surface area contributed by atoms with E-state index < -0.39 is 10.8 Å². The Labute approximate surface area is 234 Å². The topological polar surface area (TPSA) is 88.7 Å². The third kappa shape index (κ3) is 7.14. The van der Waals surface area contributed by atoms with Gasteiger partial charge in [0.25, 0.3) is 11.6 Å². The van der Waals surface area contributed by atoms with Crippen LogP contribution in [-0.4, -0.2) is 49.7 Å². The van der Waals surface area contributed by atoms with Gasteiger partial charge in [0.2, 0.25) is 5.91 Å². The zero-order valence-corrected chi connectivity index (χ0v) is 23.2. The Morgan fingerprint density at radius 3 is 2.48 bits per heavy atom. The van der Waals surface area contributed by atoms with Gasteiger partial charge in [0.15, 0.2) is 0 Å². The van der Waals surface area contributed by atoms with Gasteiger partial charge in [-0.1, -0.05) is 44.4 Å². The van der Waals surface area contributed by atoms with E-state index in [1.807, 2.05) is 37.1 Å². The van der Waals surface area contributed by atoms with Crippen LogP contribution in [0.3, 0.4) is 0 Å². The van der Waals surface area contributed by atoms with Gasteiger partial charge in [-0.25, -0.2) is 4.39 Å². The van der Waals surface area contributed by atoms with Crippen molar-refractivity contribution in [3.8, 4) is 0 Å². The molecule has 1 aromatic heterocycles. The van der Waals surface area contributed by atoms with Crippen LogP contribution in [0, 0.1) is 15.9 Å². The van der Waals surface area contributed by atoms with Crippen molar-refractivity contribution in [1.82, 2.24) is 14.4 Å². The summed E-state index contributed by atoms with van der Waals surface area (Å²) in [4.78, 5) is 41.8. The molecular formula is C31H37FN4O4. The number of non-ortho nitro benzene ring substituents is 1. The third-order valence-corrected chi connectivity index (χ3v) is 7.85. The number of nitro benzene ring substituents is 1. The molecular weight excluding hydrogens is 511 g/mol.